The molecule has 0 aliphatic rings. The molecule has 2 heterocycles. The van der Waals surface area contributed by atoms with Crippen molar-refractivity contribution in [2.75, 3.05) is 11.9 Å². The Morgan fingerprint density at radius 2 is 2.25 bits per heavy atom. The first kappa shape index (κ1) is 10.6. The molecule has 0 fully saturated rings. The van der Waals surface area contributed by atoms with E-state index in [0.29, 0.717) is 12.4 Å². The van der Waals surface area contributed by atoms with Crippen LogP contribution < -0.4 is 4.90 Å². The van der Waals surface area contributed by atoms with Crippen molar-refractivity contribution in [1.29, 1.82) is 0 Å². The predicted octanol–water partition coefficient (Wildman–Crippen LogP) is 1.59. The summed E-state index contributed by atoms with van der Waals surface area (Å²) in [5.41, 5.74) is 0. The first-order valence-corrected chi connectivity index (χ1v) is 4.96. The number of halogens is 1. The van der Waals surface area contributed by atoms with Crippen LogP contribution in [0.2, 0.25) is 0 Å². The van der Waals surface area contributed by atoms with E-state index in [0.717, 1.165) is 5.82 Å². The van der Waals surface area contributed by atoms with Crippen molar-refractivity contribution >= 4 is 5.82 Å². The molecule has 84 valence electrons. The first-order chi connectivity index (χ1) is 7.66. The number of hydrogen-bond donors (Lipinski definition) is 0. The molecule has 0 saturated carbocycles. The molecule has 0 amide bonds. The average Bonchev–Trinajstić information content (AvgIpc) is 2.64. The van der Waals surface area contributed by atoms with Crippen molar-refractivity contribution in [1.82, 2.24) is 14.5 Å². The molecule has 0 aromatic carbocycles. The lowest BCUT2D eigenvalue weighted by atomic mass is 10.4. The number of hydrogen-bond acceptors (Lipinski definition) is 3. The summed E-state index contributed by atoms with van der Waals surface area (Å²) in [4.78, 5) is 9.86. The van der Waals surface area contributed by atoms with Crippen LogP contribution >= 0.6 is 0 Å². The van der Waals surface area contributed by atoms with Gasteiger partial charge in [0.1, 0.15) is 11.6 Å². The van der Waals surface area contributed by atoms with Gasteiger partial charge in [-0.05, 0) is 12.1 Å². The van der Waals surface area contributed by atoms with Crippen LogP contribution in [-0.4, -0.2) is 21.6 Å². The lowest BCUT2D eigenvalue weighted by molar-refractivity contribution is 0.581. The highest BCUT2D eigenvalue weighted by Crippen LogP contribution is 2.11. The van der Waals surface area contributed by atoms with Crippen molar-refractivity contribution in [3.8, 4) is 0 Å². The molecule has 0 atom stereocenters. The number of anilines is 1. The Hall–Kier alpha value is -1.91. The van der Waals surface area contributed by atoms with Gasteiger partial charge in [0.2, 0.25) is 5.95 Å². The van der Waals surface area contributed by atoms with Gasteiger partial charge in [0, 0.05) is 26.5 Å². The summed E-state index contributed by atoms with van der Waals surface area (Å²) in [6.45, 7) is 0.597. The molecule has 0 saturated heterocycles. The second-order valence-electron chi connectivity index (χ2n) is 3.63. The second-order valence-corrected chi connectivity index (χ2v) is 3.63. The summed E-state index contributed by atoms with van der Waals surface area (Å²) in [5.74, 6) is 1.04. The van der Waals surface area contributed by atoms with Crippen LogP contribution in [0.3, 0.4) is 0 Å². The zero-order valence-electron chi connectivity index (χ0n) is 9.26. The van der Waals surface area contributed by atoms with E-state index >= 15 is 0 Å². The summed E-state index contributed by atoms with van der Waals surface area (Å²) < 4.78 is 14.9. The van der Waals surface area contributed by atoms with Crippen LogP contribution in [0.25, 0.3) is 0 Å². The third-order valence-corrected chi connectivity index (χ3v) is 2.39. The highest BCUT2D eigenvalue weighted by molar-refractivity contribution is 5.36. The Balaban J connectivity index is 2.14. The quantitative estimate of drug-likeness (QED) is 0.737. The minimum absolute atomic E-state index is 0.468. The van der Waals surface area contributed by atoms with E-state index in [9.17, 15) is 4.39 Å². The molecule has 0 radical (unpaired) electrons. The molecule has 0 unspecified atom stereocenters. The maximum absolute atomic E-state index is 12.9. The summed E-state index contributed by atoms with van der Waals surface area (Å²) in [6, 6.07) is 4.75. The van der Waals surface area contributed by atoms with Crippen LogP contribution in [0.1, 0.15) is 5.82 Å². The molecule has 4 nitrogen and oxygen atoms in total. The molecule has 0 aliphatic carbocycles. The van der Waals surface area contributed by atoms with E-state index in [1.165, 1.54) is 6.07 Å². The summed E-state index contributed by atoms with van der Waals surface area (Å²) in [7, 11) is 3.78. The minimum atomic E-state index is -0.468. The molecule has 16 heavy (non-hydrogen) atoms. The van der Waals surface area contributed by atoms with Gasteiger partial charge in [-0.1, -0.05) is 6.07 Å². The molecule has 0 N–H and O–H groups in total. The van der Waals surface area contributed by atoms with Crippen molar-refractivity contribution in [3.05, 3.63) is 42.4 Å². The van der Waals surface area contributed by atoms with Gasteiger partial charge in [0.25, 0.3) is 0 Å². The van der Waals surface area contributed by atoms with E-state index in [2.05, 4.69) is 9.97 Å². The number of imidazole rings is 1. The molecular formula is C11H13FN4. The van der Waals surface area contributed by atoms with Gasteiger partial charge in [-0.2, -0.15) is 4.39 Å². The number of pyridine rings is 1. The third-order valence-electron chi connectivity index (χ3n) is 2.39. The van der Waals surface area contributed by atoms with Gasteiger partial charge in [0.15, 0.2) is 0 Å². The predicted molar refractivity (Wildman–Crippen MR) is 59.5 cm³/mol. The zero-order valence-corrected chi connectivity index (χ0v) is 9.26. The van der Waals surface area contributed by atoms with Gasteiger partial charge < -0.3 is 9.47 Å². The van der Waals surface area contributed by atoms with Gasteiger partial charge in [-0.3, -0.25) is 0 Å². The highest BCUT2D eigenvalue weighted by atomic mass is 19.1. The molecule has 2 rings (SSSR count). The van der Waals surface area contributed by atoms with E-state index < -0.39 is 5.95 Å². The SMILES string of the molecule is CN(Cc1nccn1C)c1cccc(F)n1. The number of aromatic nitrogens is 3. The van der Waals surface area contributed by atoms with Gasteiger partial charge in [-0.15, -0.1) is 0 Å². The van der Waals surface area contributed by atoms with Gasteiger partial charge >= 0.3 is 0 Å². The van der Waals surface area contributed by atoms with Gasteiger partial charge in [-0.25, -0.2) is 9.97 Å². The third kappa shape index (κ3) is 2.18. The van der Waals surface area contributed by atoms with Crippen LogP contribution in [-0.2, 0) is 13.6 Å². The smallest absolute Gasteiger partial charge is 0.214 e. The molecule has 0 bridgehead atoms. The average molecular weight is 220 g/mol. The molecule has 0 spiro atoms. The van der Waals surface area contributed by atoms with Gasteiger partial charge in [0.05, 0.1) is 6.54 Å². The van der Waals surface area contributed by atoms with E-state index in [-0.39, 0.29) is 0 Å². The molecule has 5 heteroatoms. The summed E-state index contributed by atoms with van der Waals surface area (Å²) in [5, 5.41) is 0. The topological polar surface area (TPSA) is 34.0 Å². The maximum Gasteiger partial charge on any atom is 0.214 e. The van der Waals surface area contributed by atoms with E-state index in [4.69, 9.17) is 0 Å². The highest BCUT2D eigenvalue weighted by Gasteiger charge is 2.07. The van der Waals surface area contributed by atoms with Crippen molar-refractivity contribution in [2.45, 2.75) is 6.54 Å². The fourth-order valence-corrected chi connectivity index (χ4v) is 1.45. The fraction of sp³-hybridized carbons (Fsp3) is 0.273. The Kier molecular flexibility index (Phi) is 2.85. The van der Waals surface area contributed by atoms with Crippen molar-refractivity contribution in [3.63, 3.8) is 0 Å². The lowest BCUT2D eigenvalue weighted by Crippen LogP contribution is -2.20. The Labute approximate surface area is 93.4 Å². The molecular weight excluding hydrogens is 207 g/mol. The Morgan fingerprint density at radius 3 is 2.88 bits per heavy atom. The Bertz CT molecular complexity index is 480. The fourth-order valence-electron chi connectivity index (χ4n) is 1.45. The monoisotopic (exact) mass is 220 g/mol. The molecule has 2 aromatic heterocycles. The largest absolute Gasteiger partial charge is 0.352 e. The number of aryl methyl sites for hydroxylation is 1. The Morgan fingerprint density at radius 1 is 1.44 bits per heavy atom. The van der Waals surface area contributed by atoms with Crippen LogP contribution in [0.5, 0.6) is 0 Å². The summed E-state index contributed by atoms with van der Waals surface area (Å²) in [6.07, 6.45) is 3.62. The number of nitrogens with zero attached hydrogens (tertiary/aromatic N) is 4. The standard InChI is InChI=1S/C11H13FN4/c1-15-7-6-13-11(15)8-16(2)10-5-3-4-9(12)14-10/h3-7H,8H2,1-2H3. The maximum atomic E-state index is 12.9. The second kappa shape index (κ2) is 4.30. The van der Waals surface area contributed by atoms with Crippen molar-refractivity contribution in [2.24, 2.45) is 7.05 Å². The molecule has 2 aromatic rings. The van der Waals surface area contributed by atoms with Crippen LogP contribution in [0.15, 0.2) is 30.6 Å². The van der Waals surface area contributed by atoms with Crippen LogP contribution in [0.4, 0.5) is 10.2 Å². The van der Waals surface area contributed by atoms with Crippen LogP contribution in [0, 0.1) is 5.95 Å². The zero-order chi connectivity index (χ0) is 11.5. The lowest BCUT2D eigenvalue weighted by Gasteiger charge is -2.17. The summed E-state index contributed by atoms with van der Waals surface area (Å²) >= 11 is 0. The minimum Gasteiger partial charge on any atom is -0.352 e. The van der Waals surface area contributed by atoms with Crippen molar-refractivity contribution < 1.29 is 4.39 Å². The molecule has 0 aliphatic heterocycles. The first-order valence-electron chi connectivity index (χ1n) is 4.96. The normalized spacial score (nSPS) is 10.4. The van der Waals surface area contributed by atoms with E-state index in [1.807, 2.05) is 29.8 Å². The van der Waals surface area contributed by atoms with E-state index in [1.54, 1.807) is 18.3 Å². The number of rotatable bonds is 3.